The number of rotatable bonds is 4. The number of hydrogen-bond acceptors (Lipinski definition) is 6. The first-order valence-electron chi connectivity index (χ1n) is 7.10. The number of ether oxygens (including phenoxy) is 2. The van der Waals surface area contributed by atoms with E-state index in [-0.39, 0.29) is 5.91 Å². The van der Waals surface area contributed by atoms with Crippen molar-refractivity contribution < 1.29 is 18.7 Å². The van der Waals surface area contributed by atoms with Crippen molar-refractivity contribution in [2.45, 2.75) is 6.92 Å². The van der Waals surface area contributed by atoms with Gasteiger partial charge in [0.2, 0.25) is 0 Å². The minimum Gasteiger partial charge on any atom is -0.497 e. The average Bonchev–Trinajstić information content (AvgIpc) is 3.10. The van der Waals surface area contributed by atoms with Gasteiger partial charge in [0.15, 0.2) is 4.32 Å². The van der Waals surface area contributed by atoms with Crippen molar-refractivity contribution >= 4 is 46.0 Å². The van der Waals surface area contributed by atoms with E-state index in [0.29, 0.717) is 32.2 Å². The van der Waals surface area contributed by atoms with Crippen molar-refractivity contribution in [1.29, 1.82) is 0 Å². The average molecular weight is 361 g/mol. The third-order valence-corrected chi connectivity index (χ3v) is 4.76. The molecule has 1 amide bonds. The lowest BCUT2D eigenvalue weighted by atomic mass is 10.2. The van der Waals surface area contributed by atoms with Crippen molar-refractivity contribution in [3.05, 3.63) is 46.8 Å². The van der Waals surface area contributed by atoms with E-state index in [1.165, 1.54) is 23.8 Å². The summed E-state index contributed by atoms with van der Waals surface area (Å²) in [4.78, 5) is 14.7. The number of carbonyl (C=O) groups excluding carboxylic acids is 1. The van der Waals surface area contributed by atoms with Gasteiger partial charge in [-0.2, -0.15) is 0 Å². The van der Waals surface area contributed by atoms with Gasteiger partial charge in [-0.05, 0) is 31.2 Å². The summed E-state index contributed by atoms with van der Waals surface area (Å²) in [6.07, 6.45) is 1.70. The molecule has 24 heavy (non-hydrogen) atoms. The topological polar surface area (TPSA) is 51.9 Å². The first-order valence-corrected chi connectivity index (χ1v) is 8.32. The number of carbonyl (C=O) groups is 1. The Morgan fingerprint density at radius 1 is 1.21 bits per heavy atom. The number of aryl methyl sites for hydroxylation is 1. The number of benzene rings is 1. The summed E-state index contributed by atoms with van der Waals surface area (Å²) >= 11 is 6.61. The third-order valence-electron chi connectivity index (χ3n) is 3.46. The molecule has 1 aliphatic rings. The maximum absolute atomic E-state index is 12.8. The van der Waals surface area contributed by atoms with Crippen LogP contribution in [0.2, 0.25) is 0 Å². The molecule has 5 nitrogen and oxygen atoms in total. The first-order chi connectivity index (χ1) is 11.5. The fraction of sp³-hybridized carbons (Fsp3) is 0.176. The number of amides is 1. The molecule has 0 aliphatic carbocycles. The summed E-state index contributed by atoms with van der Waals surface area (Å²) in [5.74, 6) is 2.36. The van der Waals surface area contributed by atoms with Crippen LogP contribution in [-0.2, 0) is 4.79 Å². The largest absolute Gasteiger partial charge is 0.497 e. The summed E-state index contributed by atoms with van der Waals surface area (Å²) in [5.41, 5.74) is 0.583. The molecule has 124 valence electrons. The Labute approximate surface area is 149 Å². The van der Waals surface area contributed by atoms with Gasteiger partial charge in [-0.15, -0.1) is 0 Å². The quantitative estimate of drug-likeness (QED) is 0.606. The van der Waals surface area contributed by atoms with E-state index in [4.69, 9.17) is 26.1 Å². The summed E-state index contributed by atoms with van der Waals surface area (Å²) < 4.78 is 16.5. The van der Waals surface area contributed by atoms with E-state index in [9.17, 15) is 4.79 Å². The molecule has 1 aromatic heterocycles. The zero-order valence-corrected chi connectivity index (χ0v) is 15.0. The molecule has 0 radical (unpaired) electrons. The third kappa shape index (κ3) is 3.05. The van der Waals surface area contributed by atoms with Gasteiger partial charge in [0.05, 0.1) is 24.8 Å². The molecule has 3 rings (SSSR count). The number of anilines is 1. The van der Waals surface area contributed by atoms with Crippen LogP contribution in [0.5, 0.6) is 11.5 Å². The number of furan rings is 1. The van der Waals surface area contributed by atoms with E-state index in [1.807, 2.05) is 19.1 Å². The fourth-order valence-electron chi connectivity index (χ4n) is 2.31. The highest BCUT2D eigenvalue weighted by Crippen LogP contribution is 2.41. The zero-order chi connectivity index (χ0) is 17.3. The maximum atomic E-state index is 12.8. The lowest BCUT2D eigenvalue weighted by Crippen LogP contribution is -2.27. The van der Waals surface area contributed by atoms with Crippen LogP contribution < -0.4 is 14.4 Å². The predicted octanol–water partition coefficient (Wildman–Crippen LogP) is 4.01. The van der Waals surface area contributed by atoms with Crippen LogP contribution in [0, 0.1) is 6.92 Å². The van der Waals surface area contributed by atoms with Gasteiger partial charge in [-0.3, -0.25) is 9.69 Å². The van der Waals surface area contributed by atoms with Crippen molar-refractivity contribution in [3.8, 4) is 11.5 Å². The first kappa shape index (κ1) is 16.6. The van der Waals surface area contributed by atoms with E-state index in [0.717, 1.165) is 5.76 Å². The Bertz CT molecular complexity index is 841. The van der Waals surface area contributed by atoms with Crippen LogP contribution in [0.15, 0.2) is 39.7 Å². The maximum Gasteiger partial charge on any atom is 0.271 e. The van der Waals surface area contributed by atoms with Gasteiger partial charge in [0.1, 0.15) is 23.0 Å². The second-order valence-corrected chi connectivity index (χ2v) is 6.68. The Morgan fingerprint density at radius 3 is 2.62 bits per heavy atom. The Hall–Kier alpha value is -2.25. The minimum absolute atomic E-state index is 0.206. The molecule has 1 fully saturated rings. The van der Waals surface area contributed by atoms with Gasteiger partial charge in [-0.1, -0.05) is 24.0 Å². The molecular formula is C17H15NO4S2. The summed E-state index contributed by atoms with van der Waals surface area (Å²) in [7, 11) is 3.11. The van der Waals surface area contributed by atoms with Gasteiger partial charge in [-0.25, -0.2) is 0 Å². The van der Waals surface area contributed by atoms with Gasteiger partial charge in [0, 0.05) is 12.1 Å². The van der Waals surface area contributed by atoms with Crippen molar-refractivity contribution in [2.24, 2.45) is 0 Å². The fourth-order valence-corrected chi connectivity index (χ4v) is 3.57. The van der Waals surface area contributed by atoms with Crippen LogP contribution in [0.4, 0.5) is 5.69 Å². The second-order valence-electron chi connectivity index (χ2n) is 5.00. The number of thioether (sulfide) groups is 1. The van der Waals surface area contributed by atoms with Crippen LogP contribution in [0.3, 0.4) is 0 Å². The zero-order valence-electron chi connectivity index (χ0n) is 13.4. The molecule has 2 heterocycles. The molecule has 1 saturated heterocycles. The van der Waals surface area contributed by atoms with E-state index < -0.39 is 0 Å². The van der Waals surface area contributed by atoms with Crippen molar-refractivity contribution in [1.82, 2.24) is 0 Å². The molecule has 1 aliphatic heterocycles. The van der Waals surface area contributed by atoms with Crippen LogP contribution in [0.25, 0.3) is 6.08 Å². The Balaban J connectivity index is 1.96. The van der Waals surface area contributed by atoms with E-state index in [1.54, 1.807) is 31.4 Å². The predicted molar refractivity (Wildman–Crippen MR) is 98.6 cm³/mol. The lowest BCUT2D eigenvalue weighted by Gasteiger charge is -2.18. The highest BCUT2D eigenvalue weighted by atomic mass is 32.2. The van der Waals surface area contributed by atoms with Gasteiger partial charge < -0.3 is 13.9 Å². The molecule has 0 N–H and O–H groups in total. The molecule has 2 aromatic rings. The van der Waals surface area contributed by atoms with Crippen LogP contribution >= 0.6 is 24.0 Å². The van der Waals surface area contributed by atoms with E-state index in [2.05, 4.69) is 0 Å². The second kappa shape index (κ2) is 6.70. The number of methoxy groups -OCH3 is 2. The Morgan fingerprint density at radius 2 is 2.00 bits per heavy atom. The van der Waals surface area contributed by atoms with Crippen molar-refractivity contribution in [3.63, 3.8) is 0 Å². The summed E-state index contributed by atoms with van der Waals surface area (Å²) in [5, 5.41) is 0. The number of hydrogen-bond donors (Lipinski definition) is 0. The monoisotopic (exact) mass is 361 g/mol. The van der Waals surface area contributed by atoms with Crippen LogP contribution in [-0.4, -0.2) is 24.4 Å². The number of nitrogens with zero attached hydrogens (tertiary/aromatic N) is 1. The smallest absolute Gasteiger partial charge is 0.271 e. The Kier molecular flexibility index (Phi) is 4.64. The highest BCUT2D eigenvalue weighted by molar-refractivity contribution is 8.27. The van der Waals surface area contributed by atoms with E-state index >= 15 is 0 Å². The van der Waals surface area contributed by atoms with Crippen LogP contribution in [0.1, 0.15) is 11.5 Å². The van der Waals surface area contributed by atoms with Gasteiger partial charge >= 0.3 is 0 Å². The SMILES string of the molecule is COc1ccc(N2C(=O)/C(=C\c3ccc(C)o3)SC2=S)c(OC)c1. The molecule has 0 atom stereocenters. The lowest BCUT2D eigenvalue weighted by molar-refractivity contribution is -0.113. The van der Waals surface area contributed by atoms with Gasteiger partial charge in [0.25, 0.3) is 5.91 Å². The summed E-state index contributed by atoms with van der Waals surface area (Å²) in [6.45, 7) is 1.85. The highest BCUT2D eigenvalue weighted by Gasteiger charge is 2.35. The van der Waals surface area contributed by atoms with Crippen molar-refractivity contribution in [2.75, 3.05) is 19.1 Å². The molecule has 0 bridgehead atoms. The molecule has 1 aromatic carbocycles. The molecule has 0 saturated carbocycles. The standard InChI is InChI=1S/C17H15NO4S2/c1-10-4-5-12(22-10)9-15-16(19)18(17(23)24-15)13-7-6-11(20-2)8-14(13)21-3/h4-9H,1-3H3/b15-9+. The summed E-state index contributed by atoms with van der Waals surface area (Å²) in [6, 6.07) is 8.89. The number of thiocarbonyl (C=S) groups is 1. The normalized spacial score (nSPS) is 16.1. The molecule has 0 unspecified atom stereocenters. The molecule has 7 heteroatoms. The minimum atomic E-state index is -0.206. The molecule has 0 spiro atoms. The molecular weight excluding hydrogens is 346 g/mol.